The molecule has 0 fully saturated rings. The van der Waals surface area contributed by atoms with E-state index >= 15 is 0 Å². The highest BCUT2D eigenvalue weighted by molar-refractivity contribution is 7.80. The van der Waals surface area contributed by atoms with Gasteiger partial charge in [-0.2, -0.15) is 12.6 Å². The minimum Gasteiger partial charge on any atom is -0.481 e. The number of thiol groups is 1. The van der Waals surface area contributed by atoms with Crippen molar-refractivity contribution in [1.82, 2.24) is 16.0 Å². The molecule has 32 heavy (non-hydrogen) atoms. The lowest BCUT2D eigenvalue weighted by Gasteiger charge is -2.25. The van der Waals surface area contributed by atoms with Crippen molar-refractivity contribution in [3.8, 4) is 0 Å². The fourth-order valence-electron chi connectivity index (χ4n) is 2.51. The highest BCUT2D eigenvalue weighted by atomic mass is 32.1. The molecule has 0 aliphatic heterocycles. The number of nitrogens with one attached hydrogen (secondary N) is 3. The minimum atomic E-state index is -1.60. The van der Waals surface area contributed by atoms with E-state index in [-0.39, 0.29) is 24.5 Å². The lowest BCUT2D eigenvalue weighted by atomic mass is 10.0. The van der Waals surface area contributed by atoms with Crippen LogP contribution < -0.4 is 21.7 Å². The lowest BCUT2D eigenvalue weighted by Crippen LogP contribution is -2.57. The highest BCUT2D eigenvalue weighted by Gasteiger charge is 2.31. The van der Waals surface area contributed by atoms with Gasteiger partial charge in [-0.15, -0.1) is 0 Å². The predicted molar refractivity (Wildman–Crippen MR) is 114 cm³/mol. The average Bonchev–Trinajstić information content (AvgIpc) is 2.67. The maximum absolute atomic E-state index is 12.7. The summed E-state index contributed by atoms with van der Waals surface area (Å²) < 4.78 is 0. The summed E-state index contributed by atoms with van der Waals surface area (Å²) in [5.41, 5.74) is 5.58. The molecule has 0 aliphatic carbocycles. The van der Waals surface area contributed by atoms with Crippen LogP contribution in [-0.2, 0) is 28.8 Å². The van der Waals surface area contributed by atoms with E-state index in [1.807, 2.05) is 0 Å². The van der Waals surface area contributed by atoms with Crippen LogP contribution in [0.4, 0.5) is 0 Å². The summed E-state index contributed by atoms with van der Waals surface area (Å²) in [4.78, 5) is 70.2. The Bertz CT molecular complexity index is 717. The maximum atomic E-state index is 12.7. The van der Waals surface area contributed by atoms with Gasteiger partial charge >= 0.3 is 17.9 Å². The number of carboxylic acid groups (broad SMARTS) is 3. The summed E-state index contributed by atoms with van der Waals surface area (Å²) in [6, 6.07) is -5.41. The lowest BCUT2D eigenvalue weighted by molar-refractivity contribution is -0.143. The van der Waals surface area contributed by atoms with Crippen LogP contribution in [0.15, 0.2) is 0 Å². The van der Waals surface area contributed by atoms with E-state index in [9.17, 15) is 28.8 Å². The van der Waals surface area contributed by atoms with Crippen LogP contribution in [0.5, 0.6) is 0 Å². The summed E-state index contributed by atoms with van der Waals surface area (Å²) in [7, 11) is 0. The molecule has 0 radical (unpaired) electrons. The first-order valence-electron chi connectivity index (χ1n) is 9.72. The van der Waals surface area contributed by atoms with Crippen molar-refractivity contribution < 1.29 is 44.1 Å². The largest absolute Gasteiger partial charge is 0.481 e. The van der Waals surface area contributed by atoms with Gasteiger partial charge in [0.2, 0.25) is 17.7 Å². The van der Waals surface area contributed by atoms with Crippen molar-refractivity contribution in [3.05, 3.63) is 0 Å². The predicted octanol–water partition coefficient (Wildman–Crippen LogP) is -1.83. The van der Waals surface area contributed by atoms with Crippen LogP contribution in [0.2, 0.25) is 0 Å². The quantitative estimate of drug-likeness (QED) is 0.123. The van der Waals surface area contributed by atoms with Gasteiger partial charge in [-0.25, -0.2) is 4.79 Å². The Balaban J connectivity index is 5.41. The molecule has 0 aromatic carbocycles. The average molecular weight is 479 g/mol. The molecule has 3 amide bonds. The monoisotopic (exact) mass is 478 g/mol. The topological polar surface area (TPSA) is 225 Å². The number of carboxylic acids is 3. The molecule has 0 aromatic heterocycles. The molecule has 182 valence electrons. The molecule has 0 spiro atoms. The number of rotatable bonds is 15. The van der Waals surface area contributed by atoms with Crippen molar-refractivity contribution in [1.29, 1.82) is 0 Å². The zero-order valence-corrected chi connectivity index (χ0v) is 18.6. The van der Waals surface area contributed by atoms with Crippen LogP contribution in [0.25, 0.3) is 0 Å². The van der Waals surface area contributed by atoms with Crippen molar-refractivity contribution in [2.45, 2.75) is 63.7 Å². The molecular formula is C18H30N4O9S. The van der Waals surface area contributed by atoms with Crippen LogP contribution in [0.3, 0.4) is 0 Å². The number of nitrogens with two attached hydrogens (primary N) is 1. The third-order valence-corrected chi connectivity index (χ3v) is 4.52. The molecule has 0 aromatic rings. The maximum Gasteiger partial charge on any atom is 0.327 e. The van der Waals surface area contributed by atoms with E-state index in [4.69, 9.17) is 21.1 Å². The van der Waals surface area contributed by atoms with Crippen LogP contribution in [0.1, 0.15) is 39.5 Å². The molecule has 13 nitrogen and oxygen atoms in total. The molecule has 4 unspecified atom stereocenters. The highest BCUT2D eigenvalue weighted by Crippen LogP contribution is 2.07. The Morgan fingerprint density at radius 3 is 1.75 bits per heavy atom. The molecule has 14 heteroatoms. The van der Waals surface area contributed by atoms with Gasteiger partial charge in [0.05, 0.1) is 12.5 Å². The van der Waals surface area contributed by atoms with Gasteiger partial charge < -0.3 is 37.0 Å². The number of carbonyl (C=O) groups excluding carboxylic acids is 3. The molecular weight excluding hydrogens is 448 g/mol. The third kappa shape index (κ3) is 11.5. The van der Waals surface area contributed by atoms with Crippen molar-refractivity contribution >= 4 is 48.3 Å². The van der Waals surface area contributed by atoms with E-state index in [1.165, 1.54) is 0 Å². The summed E-state index contributed by atoms with van der Waals surface area (Å²) >= 11 is 3.85. The van der Waals surface area contributed by atoms with Crippen molar-refractivity contribution in [2.75, 3.05) is 5.75 Å². The van der Waals surface area contributed by atoms with E-state index in [0.717, 1.165) is 0 Å². The van der Waals surface area contributed by atoms with Crippen molar-refractivity contribution in [2.24, 2.45) is 11.7 Å². The molecule has 4 atom stereocenters. The minimum absolute atomic E-state index is 0.0996. The van der Waals surface area contributed by atoms with Gasteiger partial charge in [0.25, 0.3) is 0 Å². The Labute approximate surface area is 189 Å². The smallest absolute Gasteiger partial charge is 0.327 e. The molecule has 0 rings (SSSR count). The van der Waals surface area contributed by atoms with E-state index in [2.05, 4.69) is 28.6 Å². The first-order valence-corrected chi connectivity index (χ1v) is 10.4. The zero-order chi connectivity index (χ0) is 25.0. The fraction of sp³-hybridized carbons (Fsp3) is 0.667. The number of aliphatic carboxylic acids is 3. The molecule has 8 N–H and O–H groups in total. The Morgan fingerprint density at radius 1 is 0.812 bits per heavy atom. The standard InChI is InChI=1S/C18H30N4O9S/c1-8(2)5-10(16(28)22-12(7-32)18(30)31)21-17(29)11(6-14(25)26)20-15(27)9(19)3-4-13(23)24/h8-12,32H,3-7,19H2,1-2H3,(H,20,27)(H,21,29)(H,22,28)(H,23,24)(H,25,26)(H,30,31). The van der Waals surface area contributed by atoms with Gasteiger partial charge in [-0.05, 0) is 18.8 Å². The third-order valence-electron chi connectivity index (χ3n) is 4.15. The number of carbonyl (C=O) groups is 6. The second kappa shape index (κ2) is 14.2. The number of hydrogen-bond acceptors (Lipinski definition) is 8. The van der Waals surface area contributed by atoms with E-state index < -0.39 is 72.6 Å². The van der Waals surface area contributed by atoms with Gasteiger partial charge in [0.15, 0.2) is 0 Å². The zero-order valence-electron chi connectivity index (χ0n) is 17.7. The van der Waals surface area contributed by atoms with Crippen LogP contribution in [-0.4, -0.2) is 80.9 Å². The van der Waals surface area contributed by atoms with E-state index in [0.29, 0.717) is 0 Å². The normalized spacial score (nSPS) is 14.5. The summed E-state index contributed by atoms with van der Waals surface area (Å²) in [5.74, 6) is -6.98. The van der Waals surface area contributed by atoms with E-state index in [1.54, 1.807) is 13.8 Å². The molecule has 0 saturated heterocycles. The molecule has 0 bridgehead atoms. The Morgan fingerprint density at radius 2 is 1.31 bits per heavy atom. The number of amides is 3. The van der Waals surface area contributed by atoms with Crippen molar-refractivity contribution in [3.63, 3.8) is 0 Å². The summed E-state index contributed by atoms with van der Waals surface area (Å²) in [6.07, 6.45) is -1.37. The fourth-order valence-corrected chi connectivity index (χ4v) is 2.75. The second-order valence-corrected chi connectivity index (χ2v) is 7.84. The summed E-state index contributed by atoms with van der Waals surface area (Å²) in [5, 5.41) is 33.5. The van der Waals surface area contributed by atoms with Crippen LogP contribution in [0, 0.1) is 5.92 Å². The first-order chi connectivity index (χ1) is 14.8. The van der Waals surface area contributed by atoms with Gasteiger partial charge in [0.1, 0.15) is 18.1 Å². The van der Waals surface area contributed by atoms with Gasteiger partial charge in [-0.1, -0.05) is 13.8 Å². The van der Waals surface area contributed by atoms with Gasteiger partial charge in [0, 0.05) is 12.2 Å². The Kier molecular flexibility index (Phi) is 13.0. The van der Waals surface area contributed by atoms with Gasteiger partial charge in [-0.3, -0.25) is 24.0 Å². The first kappa shape index (κ1) is 29.1. The molecule has 0 aliphatic rings. The number of hydrogen-bond donors (Lipinski definition) is 8. The Hall–Kier alpha value is -2.87. The SMILES string of the molecule is CC(C)CC(NC(=O)C(CC(=O)O)NC(=O)C(N)CCC(=O)O)C(=O)NC(CS)C(=O)O. The molecule has 0 saturated carbocycles. The van der Waals surface area contributed by atoms with Crippen LogP contribution >= 0.6 is 12.6 Å². The summed E-state index contributed by atoms with van der Waals surface area (Å²) in [6.45, 7) is 3.50. The molecule has 0 heterocycles. The second-order valence-electron chi connectivity index (χ2n) is 7.47.